The van der Waals surface area contributed by atoms with E-state index in [1.807, 2.05) is 6.92 Å². The maximum Gasteiger partial charge on any atom is 0.245 e. The number of hydrogen-bond acceptors (Lipinski definition) is 5. The summed E-state index contributed by atoms with van der Waals surface area (Å²) in [6.07, 6.45) is 1.65. The summed E-state index contributed by atoms with van der Waals surface area (Å²) in [5.41, 5.74) is 0.375. The Labute approximate surface area is 120 Å². The number of rotatable bonds is 4. The highest BCUT2D eigenvalue weighted by molar-refractivity contribution is 7.89. The molecule has 9 heteroatoms. The standard InChI is InChI=1S/C10H13ClN4O2S2/c1-6-9(10(11)15(3)14-6)19(16,17)13-5-8-4-12-7(2)18-8/h4,13H,5H2,1-3H3. The van der Waals surface area contributed by atoms with E-state index < -0.39 is 10.0 Å². The SMILES string of the molecule is Cc1ncc(CNS(=O)(=O)c2c(C)nn(C)c2Cl)s1. The van der Waals surface area contributed by atoms with Crippen LogP contribution in [-0.4, -0.2) is 23.2 Å². The van der Waals surface area contributed by atoms with Gasteiger partial charge >= 0.3 is 0 Å². The van der Waals surface area contributed by atoms with E-state index in [4.69, 9.17) is 11.6 Å². The summed E-state index contributed by atoms with van der Waals surface area (Å²) in [4.78, 5) is 4.94. The summed E-state index contributed by atoms with van der Waals surface area (Å²) in [6.45, 7) is 3.67. The molecule has 0 amide bonds. The van der Waals surface area contributed by atoms with Crippen LogP contribution in [0.15, 0.2) is 11.1 Å². The van der Waals surface area contributed by atoms with Crippen LogP contribution >= 0.6 is 22.9 Å². The minimum absolute atomic E-state index is 0.0258. The molecule has 0 aliphatic heterocycles. The molecule has 0 radical (unpaired) electrons. The Morgan fingerprint density at radius 3 is 2.63 bits per heavy atom. The smallest absolute Gasteiger partial charge is 0.245 e. The first-order valence-corrected chi connectivity index (χ1v) is 8.09. The van der Waals surface area contributed by atoms with Gasteiger partial charge in [-0.2, -0.15) is 5.10 Å². The lowest BCUT2D eigenvalue weighted by Gasteiger charge is -2.04. The van der Waals surface area contributed by atoms with Gasteiger partial charge in [-0.3, -0.25) is 4.68 Å². The predicted molar refractivity (Wildman–Crippen MR) is 73.8 cm³/mol. The summed E-state index contributed by atoms with van der Waals surface area (Å²) in [5.74, 6) is 0. The highest BCUT2D eigenvalue weighted by Gasteiger charge is 2.24. The van der Waals surface area contributed by atoms with Crippen LogP contribution in [-0.2, 0) is 23.6 Å². The highest BCUT2D eigenvalue weighted by Crippen LogP contribution is 2.24. The third kappa shape index (κ3) is 2.97. The van der Waals surface area contributed by atoms with Crippen molar-refractivity contribution in [3.8, 4) is 0 Å². The van der Waals surface area contributed by atoms with Crippen LogP contribution in [0.1, 0.15) is 15.6 Å². The van der Waals surface area contributed by atoms with Gasteiger partial charge in [0.25, 0.3) is 0 Å². The van der Waals surface area contributed by atoms with Crippen molar-refractivity contribution in [2.75, 3.05) is 0 Å². The summed E-state index contributed by atoms with van der Waals surface area (Å²) < 4.78 is 28.2. The normalized spacial score (nSPS) is 12.0. The molecule has 0 aliphatic carbocycles. The van der Waals surface area contributed by atoms with Gasteiger partial charge in [-0.15, -0.1) is 11.3 Å². The highest BCUT2D eigenvalue weighted by atomic mass is 35.5. The molecule has 0 unspecified atom stereocenters. The second kappa shape index (κ2) is 5.20. The van der Waals surface area contributed by atoms with Gasteiger partial charge in [0.05, 0.1) is 10.7 Å². The van der Waals surface area contributed by atoms with E-state index in [1.54, 1.807) is 20.2 Å². The average molecular weight is 321 g/mol. The monoisotopic (exact) mass is 320 g/mol. The summed E-state index contributed by atoms with van der Waals surface area (Å²) >= 11 is 7.40. The van der Waals surface area contributed by atoms with Crippen molar-refractivity contribution in [3.63, 3.8) is 0 Å². The molecule has 2 heterocycles. The van der Waals surface area contributed by atoms with E-state index >= 15 is 0 Å². The van der Waals surface area contributed by atoms with Crippen LogP contribution in [0.25, 0.3) is 0 Å². The molecule has 0 bridgehead atoms. The van der Waals surface area contributed by atoms with E-state index in [0.717, 1.165) is 9.88 Å². The van der Waals surface area contributed by atoms with Gasteiger partial charge in [0.2, 0.25) is 10.0 Å². The zero-order valence-electron chi connectivity index (χ0n) is 10.6. The maximum atomic E-state index is 12.2. The minimum atomic E-state index is -3.68. The topological polar surface area (TPSA) is 76.9 Å². The number of sulfonamides is 1. The molecule has 0 fully saturated rings. The number of aromatic nitrogens is 3. The molecule has 2 aromatic rings. The molecular formula is C10H13ClN4O2S2. The Balaban J connectivity index is 2.23. The molecule has 104 valence electrons. The second-order valence-electron chi connectivity index (χ2n) is 4.00. The minimum Gasteiger partial charge on any atom is -0.255 e. The van der Waals surface area contributed by atoms with E-state index in [1.165, 1.54) is 16.0 Å². The number of halogens is 1. The molecule has 0 saturated heterocycles. The Morgan fingerprint density at radius 1 is 1.47 bits per heavy atom. The quantitative estimate of drug-likeness (QED) is 0.928. The van der Waals surface area contributed by atoms with Crippen LogP contribution < -0.4 is 4.72 Å². The van der Waals surface area contributed by atoms with Crippen LogP contribution in [0.3, 0.4) is 0 Å². The molecule has 19 heavy (non-hydrogen) atoms. The zero-order chi connectivity index (χ0) is 14.2. The first kappa shape index (κ1) is 14.4. The largest absolute Gasteiger partial charge is 0.255 e. The van der Waals surface area contributed by atoms with E-state index in [-0.39, 0.29) is 16.6 Å². The average Bonchev–Trinajstić information content (AvgIpc) is 2.82. The predicted octanol–water partition coefficient (Wildman–Crippen LogP) is 1.63. The van der Waals surface area contributed by atoms with Crippen LogP contribution in [0.5, 0.6) is 0 Å². The van der Waals surface area contributed by atoms with Gasteiger partial charge in [-0.05, 0) is 13.8 Å². The molecule has 0 atom stereocenters. The molecule has 2 rings (SSSR count). The van der Waals surface area contributed by atoms with Crippen molar-refractivity contribution in [1.82, 2.24) is 19.5 Å². The Hall–Kier alpha value is -0.960. The first-order valence-electron chi connectivity index (χ1n) is 5.41. The van der Waals surface area contributed by atoms with Crippen molar-refractivity contribution in [2.45, 2.75) is 25.3 Å². The fourth-order valence-corrected chi connectivity index (χ4v) is 4.22. The van der Waals surface area contributed by atoms with Crippen molar-refractivity contribution < 1.29 is 8.42 Å². The van der Waals surface area contributed by atoms with Gasteiger partial charge in [-0.1, -0.05) is 11.6 Å². The number of thiazole rings is 1. The molecule has 0 aliphatic rings. The molecule has 6 nitrogen and oxygen atoms in total. The Kier molecular flexibility index (Phi) is 3.95. The van der Waals surface area contributed by atoms with Crippen LogP contribution in [0.4, 0.5) is 0 Å². The summed E-state index contributed by atoms with van der Waals surface area (Å²) in [6, 6.07) is 0. The number of hydrogen-bond donors (Lipinski definition) is 1. The fraction of sp³-hybridized carbons (Fsp3) is 0.400. The maximum absolute atomic E-state index is 12.2. The van der Waals surface area contributed by atoms with Crippen LogP contribution in [0.2, 0.25) is 5.15 Å². The first-order chi connectivity index (χ1) is 8.81. The van der Waals surface area contributed by atoms with Gasteiger partial charge in [-0.25, -0.2) is 18.1 Å². The van der Waals surface area contributed by atoms with E-state index in [9.17, 15) is 8.42 Å². The number of aryl methyl sites for hydroxylation is 3. The number of nitrogens with one attached hydrogen (secondary N) is 1. The van der Waals surface area contributed by atoms with Crippen LogP contribution in [0, 0.1) is 13.8 Å². The molecule has 2 aromatic heterocycles. The molecule has 0 saturated carbocycles. The van der Waals surface area contributed by atoms with Gasteiger partial charge in [0, 0.05) is 24.7 Å². The second-order valence-corrected chi connectivity index (χ2v) is 7.38. The third-order valence-electron chi connectivity index (χ3n) is 2.47. The summed E-state index contributed by atoms with van der Waals surface area (Å²) in [7, 11) is -2.08. The Morgan fingerprint density at radius 2 is 2.16 bits per heavy atom. The lowest BCUT2D eigenvalue weighted by molar-refractivity contribution is 0.581. The molecular weight excluding hydrogens is 308 g/mol. The molecule has 1 N–H and O–H groups in total. The molecule has 0 spiro atoms. The summed E-state index contributed by atoms with van der Waals surface area (Å²) in [5, 5.41) is 4.99. The van der Waals surface area contributed by atoms with Crippen molar-refractivity contribution in [2.24, 2.45) is 7.05 Å². The molecule has 0 aromatic carbocycles. The van der Waals surface area contributed by atoms with E-state index in [2.05, 4.69) is 14.8 Å². The number of nitrogens with zero attached hydrogens (tertiary/aromatic N) is 3. The van der Waals surface area contributed by atoms with Gasteiger partial charge < -0.3 is 0 Å². The fourth-order valence-electron chi connectivity index (χ4n) is 1.64. The lowest BCUT2D eigenvalue weighted by Crippen LogP contribution is -2.23. The van der Waals surface area contributed by atoms with Crippen molar-refractivity contribution in [1.29, 1.82) is 0 Å². The zero-order valence-corrected chi connectivity index (χ0v) is 13.0. The van der Waals surface area contributed by atoms with Gasteiger partial charge in [0.1, 0.15) is 10.0 Å². The lowest BCUT2D eigenvalue weighted by atomic mass is 10.5. The third-order valence-corrected chi connectivity index (χ3v) is 5.48. The van der Waals surface area contributed by atoms with Crippen molar-refractivity contribution in [3.05, 3.63) is 26.9 Å². The van der Waals surface area contributed by atoms with Gasteiger partial charge in [0.15, 0.2) is 0 Å². The van der Waals surface area contributed by atoms with Crippen molar-refractivity contribution >= 4 is 33.0 Å². The van der Waals surface area contributed by atoms with E-state index in [0.29, 0.717) is 5.69 Å². The Bertz CT molecular complexity index is 705.